The van der Waals surface area contributed by atoms with Gasteiger partial charge in [0.05, 0.1) is 13.5 Å². The Kier molecular flexibility index (Phi) is 5.92. The standard InChI is InChI=1S/C13H15F2NO3/c1-19-13(18)5-4-12(17)16-7-6-9-2-3-10(14)11(15)8-9/h2-3,8H,4-7H2,1H3,(H,16,17). The summed E-state index contributed by atoms with van der Waals surface area (Å²) in [5.74, 6) is -2.54. The Bertz CT molecular complexity index is 463. The summed E-state index contributed by atoms with van der Waals surface area (Å²) in [6.07, 6.45) is 0.457. The van der Waals surface area contributed by atoms with Crippen molar-refractivity contribution in [2.45, 2.75) is 19.3 Å². The molecule has 0 bridgehead atoms. The monoisotopic (exact) mass is 271 g/mol. The number of carbonyl (C=O) groups is 2. The van der Waals surface area contributed by atoms with Crippen LogP contribution in [0.15, 0.2) is 18.2 Å². The fourth-order valence-electron chi connectivity index (χ4n) is 1.45. The fraction of sp³-hybridized carbons (Fsp3) is 0.385. The van der Waals surface area contributed by atoms with Crippen molar-refractivity contribution in [3.8, 4) is 0 Å². The lowest BCUT2D eigenvalue weighted by Crippen LogP contribution is -2.26. The zero-order valence-corrected chi connectivity index (χ0v) is 10.5. The summed E-state index contributed by atoms with van der Waals surface area (Å²) in [5.41, 5.74) is 0.590. The van der Waals surface area contributed by atoms with Crippen molar-refractivity contribution in [1.82, 2.24) is 5.32 Å². The Hall–Kier alpha value is -1.98. The number of esters is 1. The van der Waals surface area contributed by atoms with E-state index in [0.29, 0.717) is 18.5 Å². The first-order chi connectivity index (χ1) is 9.02. The molecular formula is C13H15F2NO3. The average Bonchev–Trinajstić information content (AvgIpc) is 2.40. The number of methoxy groups -OCH3 is 1. The third-order valence-corrected chi connectivity index (χ3v) is 2.50. The van der Waals surface area contributed by atoms with Gasteiger partial charge in [-0.3, -0.25) is 9.59 Å². The molecule has 1 N–H and O–H groups in total. The van der Waals surface area contributed by atoms with E-state index < -0.39 is 17.6 Å². The van der Waals surface area contributed by atoms with Crippen molar-refractivity contribution in [3.63, 3.8) is 0 Å². The highest BCUT2D eigenvalue weighted by atomic mass is 19.2. The van der Waals surface area contributed by atoms with Gasteiger partial charge in [0.15, 0.2) is 11.6 Å². The van der Waals surface area contributed by atoms with E-state index in [1.54, 1.807) is 0 Å². The van der Waals surface area contributed by atoms with Crippen LogP contribution >= 0.6 is 0 Å². The maximum absolute atomic E-state index is 12.9. The summed E-state index contributed by atoms with van der Waals surface area (Å²) in [6.45, 7) is 0.297. The van der Waals surface area contributed by atoms with Gasteiger partial charge in [-0.05, 0) is 24.1 Å². The van der Waals surface area contributed by atoms with E-state index in [9.17, 15) is 18.4 Å². The van der Waals surface area contributed by atoms with Gasteiger partial charge < -0.3 is 10.1 Å². The van der Waals surface area contributed by atoms with Crippen LogP contribution in [0.5, 0.6) is 0 Å². The molecule has 0 atom stereocenters. The lowest BCUT2D eigenvalue weighted by atomic mass is 10.1. The minimum atomic E-state index is -0.908. The van der Waals surface area contributed by atoms with Gasteiger partial charge in [0.25, 0.3) is 0 Å². The average molecular weight is 271 g/mol. The second-order valence-corrected chi connectivity index (χ2v) is 3.92. The summed E-state index contributed by atoms with van der Waals surface area (Å²) < 4.78 is 30.0. The number of ether oxygens (including phenoxy) is 1. The molecule has 6 heteroatoms. The molecule has 19 heavy (non-hydrogen) atoms. The number of benzene rings is 1. The van der Waals surface area contributed by atoms with Crippen LogP contribution in [-0.2, 0) is 20.7 Å². The number of carbonyl (C=O) groups excluding carboxylic acids is 2. The molecule has 0 fully saturated rings. The van der Waals surface area contributed by atoms with Gasteiger partial charge in [0, 0.05) is 13.0 Å². The second kappa shape index (κ2) is 7.45. The van der Waals surface area contributed by atoms with E-state index in [-0.39, 0.29) is 18.7 Å². The first-order valence-corrected chi connectivity index (χ1v) is 5.80. The summed E-state index contributed by atoms with van der Waals surface area (Å²) in [7, 11) is 1.25. The van der Waals surface area contributed by atoms with Crippen molar-refractivity contribution in [3.05, 3.63) is 35.4 Å². The van der Waals surface area contributed by atoms with E-state index in [1.807, 2.05) is 0 Å². The first kappa shape index (κ1) is 15.1. The lowest BCUT2D eigenvalue weighted by Gasteiger charge is -2.05. The molecule has 0 heterocycles. The van der Waals surface area contributed by atoms with Crippen LogP contribution in [0.1, 0.15) is 18.4 Å². The maximum Gasteiger partial charge on any atom is 0.306 e. The van der Waals surface area contributed by atoms with Crippen LogP contribution in [0.2, 0.25) is 0 Å². The molecule has 0 saturated heterocycles. The zero-order valence-electron chi connectivity index (χ0n) is 10.5. The Morgan fingerprint density at radius 1 is 1.21 bits per heavy atom. The number of amides is 1. The molecule has 0 aromatic heterocycles. The molecular weight excluding hydrogens is 256 g/mol. The Balaban J connectivity index is 2.28. The molecule has 0 spiro atoms. The highest BCUT2D eigenvalue weighted by Crippen LogP contribution is 2.08. The van der Waals surface area contributed by atoms with Gasteiger partial charge in [-0.25, -0.2) is 8.78 Å². The van der Waals surface area contributed by atoms with Gasteiger partial charge >= 0.3 is 5.97 Å². The molecule has 0 unspecified atom stereocenters. The van der Waals surface area contributed by atoms with E-state index in [2.05, 4.69) is 10.1 Å². The van der Waals surface area contributed by atoms with Crippen molar-refractivity contribution >= 4 is 11.9 Å². The van der Waals surface area contributed by atoms with Crippen LogP contribution in [0, 0.1) is 11.6 Å². The summed E-state index contributed by atoms with van der Waals surface area (Å²) in [4.78, 5) is 22.1. The number of rotatable bonds is 6. The Labute approximate surface area is 109 Å². The molecule has 0 aliphatic carbocycles. The van der Waals surface area contributed by atoms with Crippen molar-refractivity contribution < 1.29 is 23.1 Å². The van der Waals surface area contributed by atoms with Crippen LogP contribution in [-0.4, -0.2) is 25.5 Å². The molecule has 1 rings (SSSR count). The van der Waals surface area contributed by atoms with E-state index in [4.69, 9.17) is 0 Å². The maximum atomic E-state index is 12.9. The van der Waals surface area contributed by atoms with E-state index >= 15 is 0 Å². The van der Waals surface area contributed by atoms with E-state index in [0.717, 1.165) is 12.1 Å². The second-order valence-electron chi connectivity index (χ2n) is 3.92. The molecule has 1 aromatic carbocycles. The topological polar surface area (TPSA) is 55.4 Å². The third-order valence-electron chi connectivity index (χ3n) is 2.50. The molecule has 4 nitrogen and oxygen atoms in total. The van der Waals surface area contributed by atoms with Crippen LogP contribution in [0.25, 0.3) is 0 Å². The van der Waals surface area contributed by atoms with Crippen LogP contribution in [0.4, 0.5) is 8.78 Å². The molecule has 0 aliphatic heterocycles. The lowest BCUT2D eigenvalue weighted by molar-refractivity contribution is -0.142. The van der Waals surface area contributed by atoms with Gasteiger partial charge in [0.1, 0.15) is 0 Å². The van der Waals surface area contributed by atoms with Crippen LogP contribution < -0.4 is 5.32 Å². The van der Waals surface area contributed by atoms with E-state index in [1.165, 1.54) is 13.2 Å². The summed E-state index contributed by atoms with van der Waals surface area (Å²) in [5, 5.41) is 2.58. The number of nitrogens with one attached hydrogen (secondary N) is 1. The quantitative estimate of drug-likeness (QED) is 0.799. The predicted molar refractivity (Wildman–Crippen MR) is 64.3 cm³/mol. The van der Waals surface area contributed by atoms with Crippen LogP contribution in [0.3, 0.4) is 0 Å². The highest BCUT2D eigenvalue weighted by molar-refractivity contribution is 5.81. The molecule has 104 valence electrons. The fourth-order valence-corrected chi connectivity index (χ4v) is 1.45. The third kappa shape index (κ3) is 5.46. The highest BCUT2D eigenvalue weighted by Gasteiger charge is 2.07. The molecule has 0 radical (unpaired) electrons. The zero-order chi connectivity index (χ0) is 14.3. The SMILES string of the molecule is COC(=O)CCC(=O)NCCc1ccc(F)c(F)c1. The smallest absolute Gasteiger partial charge is 0.306 e. The van der Waals surface area contributed by atoms with Gasteiger partial charge in [0.2, 0.25) is 5.91 Å². The molecule has 1 amide bonds. The minimum absolute atomic E-state index is 0.0213. The van der Waals surface area contributed by atoms with Crippen molar-refractivity contribution in [2.24, 2.45) is 0 Å². The van der Waals surface area contributed by atoms with Gasteiger partial charge in [-0.1, -0.05) is 6.07 Å². The molecule has 1 aromatic rings. The number of hydrogen-bond acceptors (Lipinski definition) is 3. The summed E-state index contributed by atoms with van der Waals surface area (Å²) >= 11 is 0. The van der Waals surface area contributed by atoms with Gasteiger partial charge in [-0.15, -0.1) is 0 Å². The van der Waals surface area contributed by atoms with Crippen molar-refractivity contribution in [2.75, 3.05) is 13.7 Å². The number of halogens is 2. The Morgan fingerprint density at radius 2 is 1.95 bits per heavy atom. The minimum Gasteiger partial charge on any atom is -0.469 e. The first-order valence-electron chi connectivity index (χ1n) is 5.80. The normalized spacial score (nSPS) is 10.1. The molecule has 0 saturated carbocycles. The van der Waals surface area contributed by atoms with Crippen molar-refractivity contribution in [1.29, 1.82) is 0 Å². The predicted octanol–water partition coefficient (Wildman–Crippen LogP) is 1.58. The molecule has 0 aliphatic rings. The largest absolute Gasteiger partial charge is 0.469 e. The summed E-state index contributed by atoms with van der Waals surface area (Å²) in [6, 6.07) is 3.60. The van der Waals surface area contributed by atoms with Gasteiger partial charge in [-0.2, -0.15) is 0 Å². The Morgan fingerprint density at radius 3 is 2.58 bits per heavy atom. The number of hydrogen-bond donors (Lipinski definition) is 1.